The number of nitrogens with two attached hydrogens (primary N) is 1. The Balaban J connectivity index is 0.000000241. The Labute approximate surface area is 565 Å². The highest BCUT2D eigenvalue weighted by molar-refractivity contribution is 5.93. The van der Waals surface area contributed by atoms with Crippen LogP contribution in [-0.2, 0) is 35.8 Å². The zero-order valence-electron chi connectivity index (χ0n) is 58.6. The van der Waals surface area contributed by atoms with Gasteiger partial charge in [0.25, 0.3) is 5.97 Å². The standard InChI is InChI=1S/C32H39FN8O4.C18H16FN3O3.C15H26N4O2.C2H4O2.C2H6/c1-19-7-8-21(16-40(19)22-15-35-39(17-22)18-32(2,3)42)29-37-30-24-12-25(33)28(45-6)13-26(24)36-31(41(30)38-29)34-14-20-9-10-23(43-4)11-27(20)44-5;1-23-14-5-4-12(17(7-14)24-2)10-21-11-22-16-8-18(25-3)15(19)6-13(16)9-20;1-11-4-5-12(14(20)6-16)8-19(11)13-7-17-18(9-13)10-15(2,3)21;1-2(3)4;1-2/h9-13,15,17,19,21,42H,7-8,14,16,18H2,1-6H3,(H,34,36);4-8H,10H2,1-3H3;7,9,11-12,21H,4-6,8,10,16H2,1-3H3;1H3,(H,3,4);1-2H3/t19-,21+;;11-,12+;;/m0.0../s1/i;;;;1D. The number of Topliss-reactive ketones (excluding diaryl/α,β-unsaturated/α-hetero) is 1. The highest BCUT2D eigenvalue weighted by Crippen LogP contribution is 2.36. The van der Waals surface area contributed by atoms with Crippen LogP contribution in [-0.4, -0.2) is 158 Å². The number of nitriles is 1. The molecule has 0 unspecified atom stereocenters. The molecule has 8 aromatic rings. The van der Waals surface area contributed by atoms with Crippen molar-refractivity contribution in [1.82, 2.24) is 39.1 Å². The second-order valence-electron chi connectivity index (χ2n) is 24.2. The molecular formula is C69H91F2N15O11. The van der Waals surface area contributed by atoms with E-state index in [2.05, 4.69) is 55.2 Å². The first-order valence-corrected chi connectivity index (χ1v) is 31.4. The van der Waals surface area contributed by atoms with Crippen molar-refractivity contribution in [2.75, 3.05) is 77.4 Å². The fourth-order valence-electron chi connectivity index (χ4n) is 10.9. The molecule has 0 radical (unpaired) electrons. The first-order chi connectivity index (χ1) is 46.6. The molecule has 4 atom stereocenters. The maximum absolute atomic E-state index is 14.9. The van der Waals surface area contributed by atoms with Crippen molar-refractivity contribution in [3.8, 4) is 40.6 Å². The Morgan fingerprint density at radius 2 is 1.28 bits per heavy atom. The van der Waals surface area contributed by atoms with Gasteiger partial charge >= 0.3 is 0 Å². The largest absolute Gasteiger partial charge is 0.497 e. The van der Waals surface area contributed by atoms with E-state index in [1.165, 1.54) is 26.4 Å². The summed E-state index contributed by atoms with van der Waals surface area (Å²) in [6.07, 6.45) is 11.3. The average Bonchev–Trinajstić information content (AvgIpc) is 1.53. The molecule has 0 saturated carbocycles. The molecule has 6 heterocycles. The van der Waals surface area contributed by atoms with E-state index in [0.29, 0.717) is 103 Å². The van der Waals surface area contributed by atoms with Gasteiger partial charge in [-0.2, -0.15) is 25.0 Å². The normalized spacial score (nSPS) is 16.0. The lowest BCUT2D eigenvalue weighted by Crippen LogP contribution is -2.45. The van der Waals surface area contributed by atoms with Gasteiger partial charge in [0.05, 0.1) is 127 Å². The summed E-state index contributed by atoms with van der Waals surface area (Å²) in [4.78, 5) is 43.2. The average molecular weight is 1350 g/mol. The minimum atomic E-state index is -0.871. The third-order valence-electron chi connectivity index (χ3n) is 15.7. The number of benzene rings is 4. The predicted molar refractivity (Wildman–Crippen MR) is 366 cm³/mol. The fraction of sp³-hybridized carbons (Fsp3) is 0.464. The van der Waals surface area contributed by atoms with Crippen LogP contribution in [0.5, 0.6) is 34.5 Å². The van der Waals surface area contributed by atoms with Crippen molar-refractivity contribution in [3.05, 3.63) is 120 Å². The van der Waals surface area contributed by atoms with E-state index in [1.807, 2.05) is 48.9 Å². The first-order valence-electron chi connectivity index (χ1n) is 32.1. The third-order valence-corrected chi connectivity index (χ3v) is 15.7. The van der Waals surface area contributed by atoms with Crippen LogP contribution >= 0.6 is 0 Å². The van der Waals surface area contributed by atoms with Crippen molar-refractivity contribution in [3.63, 3.8) is 0 Å². The molecule has 522 valence electrons. The number of anilines is 3. The highest BCUT2D eigenvalue weighted by Gasteiger charge is 2.33. The number of aliphatic hydroxyl groups is 2. The van der Waals surface area contributed by atoms with E-state index in [-0.39, 0.29) is 53.5 Å². The number of ketones is 1. The molecule has 4 aromatic carbocycles. The number of carbonyl (C=O) groups is 2. The van der Waals surface area contributed by atoms with Gasteiger partial charge in [-0.15, -0.1) is 5.10 Å². The molecule has 2 fully saturated rings. The second kappa shape index (κ2) is 35.2. The van der Waals surface area contributed by atoms with Crippen LogP contribution in [0.2, 0.25) is 0 Å². The van der Waals surface area contributed by atoms with Crippen LogP contribution in [0.25, 0.3) is 16.6 Å². The Kier molecular flexibility index (Phi) is 27.0. The molecule has 6 N–H and O–H groups in total. The van der Waals surface area contributed by atoms with Gasteiger partial charge < -0.3 is 64.6 Å². The molecule has 2 aliphatic rings. The van der Waals surface area contributed by atoms with Gasteiger partial charge in [0.1, 0.15) is 29.1 Å². The number of nitrogens with one attached hydrogen (secondary N) is 1. The molecule has 10 rings (SSSR count). The van der Waals surface area contributed by atoms with Crippen molar-refractivity contribution < 1.29 is 63.5 Å². The quantitative estimate of drug-likeness (QED) is 0.0417. The van der Waals surface area contributed by atoms with Crippen LogP contribution in [0.3, 0.4) is 0 Å². The van der Waals surface area contributed by atoms with Gasteiger partial charge in [0.2, 0.25) is 5.95 Å². The van der Waals surface area contributed by atoms with Crippen molar-refractivity contribution in [2.45, 2.75) is 143 Å². The number of rotatable bonds is 21. The van der Waals surface area contributed by atoms with Crippen molar-refractivity contribution in [2.24, 2.45) is 21.6 Å². The number of aliphatic imine (C=N–C) groups is 2. The molecule has 28 heteroatoms. The number of aliphatic carboxylic acids is 1. The fourth-order valence-corrected chi connectivity index (χ4v) is 10.9. The van der Waals surface area contributed by atoms with Gasteiger partial charge in [0, 0.05) is 105 Å². The van der Waals surface area contributed by atoms with E-state index in [0.717, 1.165) is 61.2 Å². The summed E-state index contributed by atoms with van der Waals surface area (Å²) in [5, 5.41) is 54.2. The Morgan fingerprint density at radius 1 is 0.753 bits per heavy atom. The molecule has 97 heavy (non-hydrogen) atoms. The molecular weight excluding hydrogens is 1250 g/mol. The Bertz CT molecular complexity index is 4060. The van der Waals surface area contributed by atoms with E-state index in [9.17, 15) is 23.8 Å². The number of hydrogen-bond donors (Lipinski definition) is 5. The van der Waals surface area contributed by atoms with E-state index in [4.69, 9.17) is 65.8 Å². The molecule has 0 aliphatic carbocycles. The number of fused-ring (bicyclic) bond motifs is 3. The molecule has 4 aromatic heterocycles. The maximum atomic E-state index is 14.9. The summed E-state index contributed by atoms with van der Waals surface area (Å²) in [5.74, 6) is 2.10. The van der Waals surface area contributed by atoms with E-state index in [1.54, 1.807) is 101 Å². The highest BCUT2D eigenvalue weighted by atomic mass is 19.1. The smallest absolute Gasteiger partial charge is 0.300 e. The molecule has 0 bridgehead atoms. The van der Waals surface area contributed by atoms with Gasteiger partial charge in [-0.3, -0.25) is 19.0 Å². The molecule has 0 spiro atoms. The SMILES string of the molecule is CC(=O)O.COc1ccc(CN=C=Nc2cc(OC)c(F)cc2C#N)c(OC)c1.COc1ccc(CNc2nc3cc(OC)c(F)cc3c3nc([C@@H]4CC[C@H](C)N(c5cnn(CC(C)(C)O)c5)C4)nn23)c(OC)c1.C[C@H]1CC[C@@H](C(=O)CN)CN1c1cnn(CC(C)(C)O)c1.[2H]CC. The lowest BCUT2D eigenvalue weighted by Gasteiger charge is -2.38. The van der Waals surface area contributed by atoms with Gasteiger partial charge in [-0.1, -0.05) is 13.8 Å². The molecule has 0 amide bonds. The summed E-state index contributed by atoms with van der Waals surface area (Å²) in [7, 11) is 9.11. The number of methoxy groups -OCH3 is 6. The zero-order valence-corrected chi connectivity index (χ0v) is 57.6. The number of halogens is 2. The monoisotopic (exact) mass is 1340 g/mol. The lowest BCUT2D eigenvalue weighted by atomic mass is 9.90. The topological polar surface area (TPSA) is 322 Å². The van der Waals surface area contributed by atoms with Gasteiger partial charge in [-0.05, 0) is 104 Å². The molecule has 2 saturated heterocycles. The van der Waals surface area contributed by atoms with Crippen molar-refractivity contribution >= 4 is 57.3 Å². The van der Waals surface area contributed by atoms with Gasteiger partial charge in [0.15, 0.2) is 40.4 Å². The molecule has 2 aliphatic heterocycles. The number of carboxylic acid groups (broad SMARTS) is 1. The lowest BCUT2D eigenvalue weighted by molar-refractivity contribution is -0.134. The van der Waals surface area contributed by atoms with Gasteiger partial charge in [-0.25, -0.2) is 23.7 Å². The number of carbonyl (C=O) groups excluding carboxylic acids is 1. The summed E-state index contributed by atoms with van der Waals surface area (Å²) >= 11 is 0. The number of carboxylic acids is 1. The van der Waals surface area contributed by atoms with Crippen molar-refractivity contribution in [1.29, 1.82) is 5.26 Å². The maximum Gasteiger partial charge on any atom is 0.300 e. The summed E-state index contributed by atoms with van der Waals surface area (Å²) in [6.45, 7) is 17.8. The Morgan fingerprint density at radius 3 is 1.81 bits per heavy atom. The minimum Gasteiger partial charge on any atom is -0.497 e. The first kappa shape index (κ1) is 74.5. The zero-order chi connectivity index (χ0) is 72.0. The second-order valence-corrected chi connectivity index (χ2v) is 24.2. The van der Waals surface area contributed by atoms with Crippen LogP contribution in [0.4, 0.5) is 31.8 Å². The predicted octanol–water partition coefficient (Wildman–Crippen LogP) is 10.4. The van der Waals surface area contributed by atoms with Crippen LogP contribution in [0.1, 0.15) is 118 Å². The number of hydrogen-bond acceptors (Lipinski definition) is 22. The number of ether oxygens (including phenoxy) is 6. The number of nitrogens with zero attached hydrogens (tertiary/aromatic N) is 13. The summed E-state index contributed by atoms with van der Waals surface area (Å²) < 4.78 is 71.4. The number of aromatic nitrogens is 8. The number of piperidine rings is 2. The molecule has 26 nitrogen and oxygen atoms in total. The summed E-state index contributed by atoms with van der Waals surface area (Å²) in [5.41, 5.74) is 8.85. The van der Waals surface area contributed by atoms with Crippen LogP contribution in [0, 0.1) is 28.9 Å². The minimum absolute atomic E-state index is 0.00336. The summed E-state index contributed by atoms with van der Waals surface area (Å²) in [6, 6.07) is 21.4. The third kappa shape index (κ3) is 21.0. The van der Waals surface area contributed by atoms with E-state index >= 15 is 0 Å². The van der Waals surface area contributed by atoms with E-state index < -0.39 is 28.8 Å². The van der Waals surface area contributed by atoms with Crippen LogP contribution in [0.15, 0.2) is 95.4 Å². The van der Waals surface area contributed by atoms with Crippen LogP contribution < -0.4 is 49.3 Å². The Hall–Kier alpha value is -9.94.